The molecular weight excluding hydrogens is 310 g/mol. The van der Waals surface area contributed by atoms with E-state index in [1.54, 1.807) is 0 Å². The van der Waals surface area contributed by atoms with E-state index in [0.717, 1.165) is 54.3 Å². The van der Waals surface area contributed by atoms with Crippen LogP contribution in [0.15, 0.2) is 30.5 Å². The number of rotatable bonds is 2. The van der Waals surface area contributed by atoms with Crippen molar-refractivity contribution in [1.82, 2.24) is 20.5 Å². The van der Waals surface area contributed by atoms with Crippen molar-refractivity contribution in [2.24, 2.45) is 0 Å². The minimum Gasteiger partial charge on any atom is -0.353 e. The van der Waals surface area contributed by atoms with E-state index >= 15 is 0 Å². The first kappa shape index (κ1) is 16.0. The number of aromatic nitrogens is 3. The predicted octanol–water partition coefficient (Wildman–Crippen LogP) is 3.03. The molecule has 1 aliphatic heterocycles. The molecule has 4 rings (SSSR count). The molecule has 1 fully saturated rings. The van der Waals surface area contributed by atoms with Gasteiger partial charge < -0.3 is 10.2 Å². The molecule has 0 saturated carbocycles. The summed E-state index contributed by atoms with van der Waals surface area (Å²) in [5.74, 6) is 0.956. The number of hydrogen-bond donors (Lipinski definition) is 1. The van der Waals surface area contributed by atoms with Crippen molar-refractivity contribution >= 4 is 16.6 Å². The fraction of sp³-hybridized carbons (Fsp3) is 0.350. The summed E-state index contributed by atoms with van der Waals surface area (Å²) >= 11 is 0. The number of anilines is 1. The van der Waals surface area contributed by atoms with Gasteiger partial charge in [-0.3, -0.25) is 4.98 Å². The number of nitrogens with zero attached hydrogens (tertiary/aromatic N) is 4. The van der Waals surface area contributed by atoms with E-state index in [-0.39, 0.29) is 0 Å². The monoisotopic (exact) mass is 333 g/mol. The van der Waals surface area contributed by atoms with E-state index in [2.05, 4.69) is 63.5 Å². The van der Waals surface area contributed by atoms with Crippen LogP contribution < -0.4 is 10.2 Å². The van der Waals surface area contributed by atoms with Crippen LogP contribution in [0, 0.1) is 20.8 Å². The minimum atomic E-state index is 0.918. The van der Waals surface area contributed by atoms with Gasteiger partial charge in [0, 0.05) is 49.0 Å². The number of hydrogen-bond acceptors (Lipinski definition) is 5. The van der Waals surface area contributed by atoms with Gasteiger partial charge in [-0.05, 0) is 61.5 Å². The smallest absolute Gasteiger partial charge is 0.151 e. The maximum Gasteiger partial charge on any atom is 0.151 e. The van der Waals surface area contributed by atoms with Gasteiger partial charge in [-0.15, -0.1) is 10.2 Å². The van der Waals surface area contributed by atoms with Crippen molar-refractivity contribution in [3.63, 3.8) is 0 Å². The van der Waals surface area contributed by atoms with Crippen LogP contribution in [0.5, 0.6) is 0 Å². The molecule has 5 nitrogen and oxygen atoms in total. The van der Waals surface area contributed by atoms with Gasteiger partial charge in [0.05, 0.1) is 5.69 Å². The highest BCUT2D eigenvalue weighted by atomic mass is 15.3. The fourth-order valence-electron chi connectivity index (χ4n) is 3.48. The summed E-state index contributed by atoms with van der Waals surface area (Å²) in [7, 11) is 0. The largest absolute Gasteiger partial charge is 0.353 e. The molecule has 0 spiro atoms. The van der Waals surface area contributed by atoms with Crippen LogP contribution in [0.1, 0.15) is 16.8 Å². The molecule has 0 aliphatic carbocycles. The standard InChI is InChI=1S/C20H23N5/c1-13-10-17-14(2)15(3)18(11-16(17)12-22-13)19-4-5-20(24-23-19)25-8-6-21-7-9-25/h4-5,10-12,21H,6-9H2,1-3H3. The van der Waals surface area contributed by atoms with Gasteiger partial charge in [0.25, 0.3) is 0 Å². The number of nitrogens with one attached hydrogen (secondary N) is 1. The summed E-state index contributed by atoms with van der Waals surface area (Å²) in [6, 6.07) is 8.50. The first-order chi connectivity index (χ1) is 12.1. The Morgan fingerprint density at radius 3 is 2.48 bits per heavy atom. The molecule has 0 radical (unpaired) electrons. The van der Waals surface area contributed by atoms with Gasteiger partial charge in [-0.25, -0.2) is 0 Å². The quantitative estimate of drug-likeness (QED) is 0.781. The molecule has 1 saturated heterocycles. The highest BCUT2D eigenvalue weighted by Gasteiger charge is 2.14. The molecule has 3 aromatic rings. The number of benzene rings is 1. The molecule has 128 valence electrons. The second-order valence-corrected chi connectivity index (χ2v) is 6.73. The third-order valence-corrected chi connectivity index (χ3v) is 5.11. The van der Waals surface area contributed by atoms with E-state index in [9.17, 15) is 0 Å². The normalized spacial score (nSPS) is 14.9. The minimum absolute atomic E-state index is 0.918. The van der Waals surface area contributed by atoms with Crippen LogP contribution in [0.4, 0.5) is 5.82 Å². The predicted molar refractivity (Wildman–Crippen MR) is 102 cm³/mol. The molecule has 3 heterocycles. The van der Waals surface area contributed by atoms with Crippen molar-refractivity contribution in [3.05, 3.63) is 47.3 Å². The molecule has 25 heavy (non-hydrogen) atoms. The number of piperazine rings is 1. The number of aryl methyl sites for hydroxylation is 2. The number of pyridine rings is 1. The van der Waals surface area contributed by atoms with Crippen LogP contribution in [-0.2, 0) is 0 Å². The van der Waals surface area contributed by atoms with Gasteiger partial charge in [-0.2, -0.15) is 0 Å². The molecule has 1 aromatic carbocycles. The molecule has 1 aliphatic rings. The Balaban J connectivity index is 1.74. The Hall–Kier alpha value is -2.53. The lowest BCUT2D eigenvalue weighted by molar-refractivity contribution is 0.583. The van der Waals surface area contributed by atoms with Crippen LogP contribution >= 0.6 is 0 Å². The third kappa shape index (κ3) is 2.96. The number of fused-ring (bicyclic) bond motifs is 1. The Morgan fingerprint density at radius 2 is 1.76 bits per heavy atom. The van der Waals surface area contributed by atoms with Gasteiger partial charge in [0.15, 0.2) is 5.82 Å². The Bertz CT molecular complexity index is 912. The van der Waals surface area contributed by atoms with Gasteiger partial charge in [0.2, 0.25) is 0 Å². The van der Waals surface area contributed by atoms with Crippen LogP contribution in [0.2, 0.25) is 0 Å². The van der Waals surface area contributed by atoms with E-state index in [0.29, 0.717) is 0 Å². The van der Waals surface area contributed by atoms with E-state index in [4.69, 9.17) is 0 Å². The molecule has 0 amide bonds. The van der Waals surface area contributed by atoms with Gasteiger partial charge >= 0.3 is 0 Å². The molecule has 0 atom stereocenters. The van der Waals surface area contributed by atoms with Crippen LogP contribution in [0.3, 0.4) is 0 Å². The second-order valence-electron chi connectivity index (χ2n) is 6.73. The summed E-state index contributed by atoms with van der Waals surface area (Å²) < 4.78 is 0. The average molecular weight is 333 g/mol. The molecule has 0 bridgehead atoms. The zero-order valence-electron chi connectivity index (χ0n) is 15.0. The molecule has 5 heteroatoms. The highest BCUT2D eigenvalue weighted by molar-refractivity contribution is 5.91. The van der Waals surface area contributed by atoms with E-state index in [1.165, 1.54) is 16.5 Å². The zero-order chi connectivity index (χ0) is 17.4. The molecule has 2 aromatic heterocycles. The van der Waals surface area contributed by atoms with Crippen molar-refractivity contribution in [3.8, 4) is 11.3 Å². The lowest BCUT2D eigenvalue weighted by atomic mass is 9.95. The first-order valence-corrected chi connectivity index (χ1v) is 8.80. The highest BCUT2D eigenvalue weighted by Crippen LogP contribution is 2.31. The lowest BCUT2D eigenvalue weighted by Crippen LogP contribution is -2.43. The van der Waals surface area contributed by atoms with Crippen molar-refractivity contribution < 1.29 is 0 Å². The molecule has 0 unspecified atom stereocenters. The summed E-state index contributed by atoms with van der Waals surface area (Å²) in [6.07, 6.45) is 1.95. The average Bonchev–Trinajstić information content (AvgIpc) is 2.66. The SMILES string of the molecule is Cc1cc2c(C)c(C)c(-c3ccc(N4CCNCC4)nn3)cc2cn1. The van der Waals surface area contributed by atoms with Crippen LogP contribution in [-0.4, -0.2) is 41.4 Å². The Labute approximate surface area is 148 Å². The maximum absolute atomic E-state index is 4.52. The summed E-state index contributed by atoms with van der Waals surface area (Å²) in [6.45, 7) is 10.3. The van der Waals surface area contributed by atoms with Gasteiger partial charge in [0.1, 0.15) is 0 Å². The maximum atomic E-state index is 4.52. The summed E-state index contributed by atoms with van der Waals surface area (Å²) in [5, 5.41) is 14.8. The Kier molecular flexibility index (Phi) is 4.09. The summed E-state index contributed by atoms with van der Waals surface area (Å²) in [4.78, 5) is 6.72. The first-order valence-electron chi connectivity index (χ1n) is 8.80. The fourth-order valence-corrected chi connectivity index (χ4v) is 3.48. The molecule has 1 N–H and O–H groups in total. The van der Waals surface area contributed by atoms with Crippen LogP contribution in [0.25, 0.3) is 22.0 Å². The van der Waals surface area contributed by atoms with E-state index in [1.807, 2.05) is 13.1 Å². The summed E-state index contributed by atoms with van der Waals surface area (Å²) in [5.41, 5.74) is 5.63. The van der Waals surface area contributed by atoms with Crippen molar-refractivity contribution in [1.29, 1.82) is 0 Å². The van der Waals surface area contributed by atoms with Crippen molar-refractivity contribution in [2.75, 3.05) is 31.1 Å². The Morgan fingerprint density at radius 1 is 0.960 bits per heavy atom. The lowest BCUT2D eigenvalue weighted by Gasteiger charge is -2.27. The van der Waals surface area contributed by atoms with E-state index < -0.39 is 0 Å². The third-order valence-electron chi connectivity index (χ3n) is 5.11. The van der Waals surface area contributed by atoms with Crippen molar-refractivity contribution in [2.45, 2.75) is 20.8 Å². The molecular formula is C20H23N5. The zero-order valence-corrected chi connectivity index (χ0v) is 15.0. The van der Waals surface area contributed by atoms with Gasteiger partial charge in [-0.1, -0.05) is 0 Å². The second kappa shape index (κ2) is 6.41. The topological polar surface area (TPSA) is 53.9 Å².